The average molecular weight is 431 g/mol. The highest BCUT2D eigenvalue weighted by molar-refractivity contribution is 6.23. The number of ether oxygens (including phenoxy) is 2. The summed E-state index contributed by atoms with van der Waals surface area (Å²) in [6.45, 7) is 3.13. The third kappa shape index (κ3) is 3.30. The predicted molar refractivity (Wildman–Crippen MR) is 108 cm³/mol. The first-order chi connectivity index (χ1) is 14.7. The molecule has 4 N–H and O–H groups in total. The van der Waals surface area contributed by atoms with Crippen LogP contribution in [0.2, 0.25) is 0 Å². The normalized spacial score (nSPS) is 30.1. The van der Waals surface area contributed by atoms with Crippen LogP contribution >= 0.6 is 0 Å². The maximum Gasteiger partial charge on any atom is 0.278 e. The van der Waals surface area contributed by atoms with Gasteiger partial charge < -0.3 is 30.1 Å². The van der Waals surface area contributed by atoms with E-state index in [-0.39, 0.29) is 16.9 Å². The van der Waals surface area contributed by atoms with E-state index >= 15 is 0 Å². The van der Waals surface area contributed by atoms with Crippen molar-refractivity contribution in [3.63, 3.8) is 0 Å². The molecule has 0 bridgehead atoms. The molecule has 2 aliphatic rings. The number of aliphatic hydroxyl groups excluding tert-OH is 3. The number of allylic oxidation sites excluding steroid dienone is 1. The Hall–Kier alpha value is -2.85. The van der Waals surface area contributed by atoms with Crippen LogP contribution in [-0.4, -0.2) is 69.5 Å². The lowest BCUT2D eigenvalue weighted by atomic mass is 9.85. The van der Waals surface area contributed by atoms with Crippen molar-refractivity contribution in [3.05, 3.63) is 59.4 Å². The second kappa shape index (κ2) is 8.35. The van der Waals surface area contributed by atoms with E-state index in [0.717, 1.165) is 7.11 Å². The summed E-state index contributed by atoms with van der Waals surface area (Å²) in [4.78, 5) is 39.2. The number of ketones is 2. The van der Waals surface area contributed by atoms with Gasteiger partial charge in [0.15, 0.2) is 6.10 Å². The van der Waals surface area contributed by atoms with E-state index in [1.165, 1.54) is 25.1 Å². The molecule has 1 aromatic carbocycles. The molecule has 0 aromatic heterocycles. The number of methoxy groups -OCH3 is 1. The lowest BCUT2D eigenvalue weighted by molar-refractivity contribution is -0.163. The lowest BCUT2D eigenvalue weighted by Gasteiger charge is -2.32. The van der Waals surface area contributed by atoms with Crippen LogP contribution in [0.15, 0.2) is 53.8 Å². The lowest BCUT2D eigenvalue weighted by Crippen LogP contribution is -2.60. The summed E-state index contributed by atoms with van der Waals surface area (Å²) in [6, 6.07) is 7.82. The van der Waals surface area contributed by atoms with Crippen LogP contribution in [0.25, 0.3) is 0 Å². The van der Waals surface area contributed by atoms with E-state index in [9.17, 15) is 29.7 Å². The van der Waals surface area contributed by atoms with Gasteiger partial charge in [-0.25, -0.2) is 0 Å². The third-order valence-electron chi connectivity index (χ3n) is 5.58. The second-order valence-electron chi connectivity index (χ2n) is 7.42. The van der Waals surface area contributed by atoms with Gasteiger partial charge in [-0.2, -0.15) is 0 Å². The quantitative estimate of drug-likeness (QED) is 0.269. The van der Waals surface area contributed by atoms with Gasteiger partial charge in [-0.15, -0.1) is 0 Å². The Morgan fingerprint density at radius 2 is 1.94 bits per heavy atom. The van der Waals surface area contributed by atoms with Gasteiger partial charge in [0.05, 0.1) is 0 Å². The van der Waals surface area contributed by atoms with Crippen molar-refractivity contribution in [2.24, 2.45) is 0 Å². The molecule has 0 unspecified atom stereocenters. The monoisotopic (exact) mass is 431 g/mol. The molecule has 9 nitrogen and oxygen atoms in total. The number of hydrogen-bond donors (Lipinski definition) is 4. The van der Waals surface area contributed by atoms with E-state index in [0.29, 0.717) is 6.42 Å². The number of benzene rings is 1. The molecule has 5 atom stereocenters. The van der Waals surface area contributed by atoms with Crippen LogP contribution in [0.1, 0.15) is 30.6 Å². The first kappa shape index (κ1) is 22.8. The van der Waals surface area contributed by atoms with Crippen molar-refractivity contribution in [3.8, 4) is 0 Å². The fraction of sp³-hybridized carbons (Fsp3) is 0.409. The third-order valence-corrected chi connectivity index (χ3v) is 5.58. The number of rotatable bonds is 7. The van der Waals surface area contributed by atoms with Crippen molar-refractivity contribution in [2.45, 2.75) is 49.9 Å². The number of carbonyl (C=O) groups excluding carboxylic acids is 3. The number of hydrogen-bond acceptors (Lipinski definition) is 8. The smallest absolute Gasteiger partial charge is 0.278 e. The molecule has 3 rings (SSSR count). The first-order valence-corrected chi connectivity index (χ1v) is 9.80. The average Bonchev–Trinajstić information content (AvgIpc) is 3.18. The van der Waals surface area contributed by atoms with Gasteiger partial charge in [-0.1, -0.05) is 49.4 Å². The molecule has 9 heteroatoms. The molecule has 0 aliphatic carbocycles. The van der Waals surface area contributed by atoms with E-state index in [4.69, 9.17) is 9.47 Å². The Morgan fingerprint density at radius 1 is 1.29 bits per heavy atom. The van der Waals surface area contributed by atoms with Gasteiger partial charge in [0, 0.05) is 18.2 Å². The molecular weight excluding hydrogens is 406 g/mol. The summed E-state index contributed by atoms with van der Waals surface area (Å²) in [6.07, 6.45) is -1.60. The van der Waals surface area contributed by atoms with Gasteiger partial charge in [0.25, 0.3) is 11.5 Å². The van der Waals surface area contributed by atoms with Crippen LogP contribution in [0, 0.1) is 0 Å². The molecule has 2 aliphatic heterocycles. The molecule has 1 fully saturated rings. The van der Waals surface area contributed by atoms with Gasteiger partial charge >= 0.3 is 0 Å². The summed E-state index contributed by atoms with van der Waals surface area (Å²) in [5.74, 6) is -3.15. The van der Waals surface area contributed by atoms with Crippen molar-refractivity contribution < 1.29 is 39.2 Å². The Labute approximate surface area is 179 Å². The molecule has 1 saturated heterocycles. The molecule has 2 heterocycles. The number of carbonyl (C=O) groups is 3. The van der Waals surface area contributed by atoms with Crippen LogP contribution in [0.4, 0.5) is 0 Å². The number of aliphatic hydroxyl groups is 3. The largest absolute Gasteiger partial charge is 0.467 e. The fourth-order valence-electron chi connectivity index (χ4n) is 3.81. The molecule has 1 aromatic rings. The van der Waals surface area contributed by atoms with Gasteiger partial charge in [-0.05, 0) is 13.3 Å². The number of nitrogens with one attached hydrogen (secondary N) is 1. The van der Waals surface area contributed by atoms with E-state index in [1.54, 1.807) is 24.3 Å². The SMILES string of the molecule is CCC=C[C@@H](O)[C@H](O)C1=C(C)C(=O)[C@]2(O1)C(=O)N[C@](OC)(C(=O)c1ccccc1)[C@@H]2O. The van der Waals surface area contributed by atoms with Crippen molar-refractivity contribution in [1.29, 1.82) is 0 Å². The zero-order valence-corrected chi connectivity index (χ0v) is 17.4. The summed E-state index contributed by atoms with van der Waals surface area (Å²) in [5.41, 5.74) is -4.83. The van der Waals surface area contributed by atoms with Crippen LogP contribution < -0.4 is 5.32 Å². The van der Waals surface area contributed by atoms with E-state index in [2.05, 4.69) is 5.32 Å². The summed E-state index contributed by atoms with van der Waals surface area (Å²) in [5, 5.41) is 34.0. The van der Waals surface area contributed by atoms with Gasteiger partial charge in [0.1, 0.15) is 18.0 Å². The maximum absolute atomic E-state index is 13.1. The van der Waals surface area contributed by atoms with Gasteiger partial charge in [-0.3, -0.25) is 14.4 Å². The Bertz CT molecular complexity index is 956. The van der Waals surface area contributed by atoms with Crippen LogP contribution in [0.5, 0.6) is 0 Å². The number of amides is 1. The molecule has 166 valence electrons. The fourth-order valence-corrected chi connectivity index (χ4v) is 3.81. The van der Waals surface area contributed by atoms with Crippen molar-refractivity contribution >= 4 is 17.5 Å². The zero-order valence-electron chi connectivity index (χ0n) is 17.4. The topological polar surface area (TPSA) is 142 Å². The Kier molecular flexibility index (Phi) is 6.15. The minimum Gasteiger partial charge on any atom is -0.467 e. The van der Waals surface area contributed by atoms with Gasteiger partial charge in [0.2, 0.25) is 17.3 Å². The molecule has 0 saturated carbocycles. The highest BCUT2D eigenvalue weighted by Gasteiger charge is 2.74. The predicted octanol–water partition coefficient (Wildman–Crippen LogP) is 0.00280. The summed E-state index contributed by atoms with van der Waals surface area (Å²) >= 11 is 0. The minimum atomic E-state index is -2.53. The Morgan fingerprint density at radius 3 is 2.52 bits per heavy atom. The zero-order chi connectivity index (χ0) is 23.0. The first-order valence-electron chi connectivity index (χ1n) is 9.80. The van der Waals surface area contributed by atoms with Crippen LogP contribution in [0.3, 0.4) is 0 Å². The molecular formula is C22H25NO8. The molecule has 0 radical (unpaired) electrons. The standard InChI is InChI=1S/C22H25NO8/c1-4-5-11-14(24)15(25)16-12(2)17(26)21(31-16)19(28)22(30-3,23-20(21)29)18(27)13-9-7-6-8-10-13/h5-11,14-15,19,24-25,28H,4H2,1-3H3,(H,23,29)/t14-,15+,19-,21-,22+/m1/s1. The Balaban J connectivity index is 1.99. The number of Topliss-reactive ketones (excluding diaryl/α,β-unsaturated/α-hetero) is 2. The highest BCUT2D eigenvalue weighted by Crippen LogP contribution is 2.44. The van der Waals surface area contributed by atoms with Crippen molar-refractivity contribution in [2.75, 3.05) is 7.11 Å². The molecule has 1 amide bonds. The summed E-state index contributed by atoms with van der Waals surface area (Å²) in [7, 11) is 1.11. The minimum absolute atomic E-state index is 0.135. The molecule has 1 spiro atoms. The highest BCUT2D eigenvalue weighted by atomic mass is 16.6. The van der Waals surface area contributed by atoms with E-state index < -0.39 is 47.1 Å². The van der Waals surface area contributed by atoms with E-state index in [1.807, 2.05) is 6.92 Å². The summed E-state index contributed by atoms with van der Waals surface area (Å²) < 4.78 is 10.8. The maximum atomic E-state index is 13.1. The second-order valence-corrected chi connectivity index (χ2v) is 7.42. The molecule has 31 heavy (non-hydrogen) atoms. The van der Waals surface area contributed by atoms with Crippen LogP contribution in [-0.2, 0) is 19.1 Å². The van der Waals surface area contributed by atoms with Crippen molar-refractivity contribution in [1.82, 2.24) is 5.32 Å².